The van der Waals surface area contributed by atoms with E-state index in [2.05, 4.69) is 29.8 Å². The van der Waals surface area contributed by atoms with Gasteiger partial charge in [0, 0.05) is 12.6 Å². The number of aliphatic hydroxyl groups excluding tert-OH is 1. The topological polar surface area (TPSA) is 36.4 Å². The van der Waals surface area contributed by atoms with Gasteiger partial charge in [-0.3, -0.25) is 4.98 Å². The average molecular weight is 248 g/mol. The Labute approximate surface area is 110 Å². The molecule has 0 saturated carbocycles. The predicted molar refractivity (Wildman–Crippen MR) is 74.7 cm³/mol. The lowest BCUT2D eigenvalue weighted by Crippen LogP contribution is -2.40. The number of piperidine rings is 1. The maximum absolute atomic E-state index is 9.74. The second-order valence-corrected chi connectivity index (χ2v) is 5.54. The molecule has 0 amide bonds. The van der Waals surface area contributed by atoms with Crippen molar-refractivity contribution in [1.82, 2.24) is 4.98 Å². The Hall–Kier alpha value is -1.09. The van der Waals surface area contributed by atoms with Crippen LogP contribution in [0.3, 0.4) is 0 Å². The molecule has 0 aromatic carbocycles. The minimum Gasteiger partial charge on any atom is -0.387 e. The molecular weight excluding hydrogens is 224 g/mol. The molecule has 2 rings (SSSR count). The van der Waals surface area contributed by atoms with Crippen LogP contribution in [0.2, 0.25) is 0 Å². The highest BCUT2D eigenvalue weighted by molar-refractivity contribution is 5.46. The third kappa shape index (κ3) is 2.83. The molecule has 1 N–H and O–H groups in total. The predicted octanol–water partition coefficient (Wildman–Crippen LogP) is 3.15. The lowest BCUT2D eigenvalue weighted by molar-refractivity contribution is 0.169. The van der Waals surface area contributed by atoms with E-state index < -0.39 is 6.10 Å². The molecule has 1 saturated heterocycles. The lowest BCUT2D eigenvalue weighted by Gasteiger charge is -2.38. The summed E-state index contributed by atoms with van der Waals surface area (Å²) in [6.07, 6.45) is 4.69. The summed E-state index contributed by atoms with van der Waals surface area (Å²) in [5.74, 6) is 0.824. The molecule has 3 heteroatoms. The van der Waals surface area contributed by atoms with Gasteiger partial charge in [0.2, 0.25) is 0 Å². The van der Waals surface area contributed by atoms with Crippen molar-refractivity contribution in [2.45, 2.75) is 52.2 Å². The highest BCUT2D eigenvalue weighted by Crippen LogP contribution is 2.27. The fourth-order valence-electron chi connectivity index (χ4n) is 2.76. The number of nitrogens with zero attached hydrogens (tertiary/aromatic N) is 2. The summed E-state index contributed by atoms with van der Waals surface area (Å²) in [6, 6.07) is 4.62. The van der Waals surface area contributed by atoms with E-state index >= 15 is 0 Å². The van der Waals surface area contributed by atoms with E-state index in [1.54, 1.807) is 0 Å². The van der Waals surface area contributed by atoms with Gasteiger partial charge in [-0.25, -0.2) is 0 Å². The molecule has 1 aromatic rings. The third-order valence-electron chi connectivity index (χ3n) is 3.97. The Balaban J connectivity index is 2.09. The van der Waals surface area contributed by atoms with Crippen LogP contribution in [0.15, 0.2) is 18.3 Å². The van der Waals surface area contributed by atoms with Crippen LogP contribution < -0.4 is 4.90 Å². The van der Waals surface area contributed by atoms with Gasteiger partial charge in [-0.1, -0.05) is 13.8 Å². The first-order valence-corrected chi connectivity index (χ1v) is 7.02. The number of aromatic nitrogens is 1. The van der Waals surface area contributed by atoms with E-state index in [0.717, 1.165) is 18.2 Å². The molecule has 1 aliphatic rings. The van der Waals surface area contributed by atoms with Crippen molar-refractivity contribution < 1.29 is 5.11 Å². The molecule has 3 nitrogen and oxygen atoms in total. The largest absolute Gasteiger partial charge is 0.387 e. The fourth-order valence-corrected chi connectivity index (χ4v) is 2.76. The Morgan fingerprint density at radius 2 is 2.22 bits per heavy atom. The van der Waals surface area contributed by atoms with Crippen LogP contribution in [0, 0.1) is 5.92 Å². The van der Waals surface area contributed by atoms with Crippen LogP contribution in [-0.4, -0.2) is 22.7 Å². The van der Waals surface area contributed by atoms with Gasteiger partial charge in [0.05, 0.1) is 23.7 Å². The molecule has 18 heavy (non-hydrogen) atoms. The summed E-state index contributed by atoms with van der Waals surface area (Å²) < 4.78 is 0. The minimum atomic E-state index is -0.433. The Kier molecular flexibility index (Phi) is 4.23. The van der Waals surface area contributed by atoms with E-state index in [0.29, 0.717) is 12.5 Å². The van der Waals surface area contributed by atoms with Crippen molar-refractivity contribution in [1.29, 1.82) is 0 Å². The molecular formula is C15H24N2O. The van der Waals surface area contributed by atoms with Crippen LogP contribution in [0.1, 0.15) is 51.8 Å². The summed E-state index contributed by atoms with van der Waals surface area (Å²) in [5.41, 5.74) is 1.96. The molecule has 0 spiro atoms. The minimum absolute atomic E-state index is 0.433. The van der Waals surface area contributed by atoms with E-state index in [1.165, 1.54) is 18.5 Å². The van der Waals surface area contributed by atoms with Crippen molar-refractivity contribution in [3.8, 4) is 0 Å². The number of aliphatic hydroxyl groups is 1. The Bertz CT molecular complexity index is 377. The third-order valence-corrected chi connectivity index (χ3v) is 3.97. The van der Waals surface area contributed by atoms with E-state index in [1.807, 2.05) is 19.2 Å². The van der Waals surface area contributed by atoms with E-state index in [4.69, 9.17) is 0 Å². The zero-order valence-corrected chi connectivity index (χ0v) is 11.6. The molecule has 0 radical (unpaired) electrons. The standard InChI is InChI=1S/C15H24N2O/c1-4-15(18)14-6-5-13(10-16-14)17-8-7-11(2)9-12(17)3/h5-6,10-12,15,18H,4,7-9H2,1-3H3/t11?,12?,15-/m0/s1. The molecule has 1 fully saturated rings. The number of anilines is 1. The Morgan fingerprint density at radius 3 is 2.78 bits per heavy atom. The van der Waals surface area contributed by atoms with Crippen molar-refractivity contribution >= 4 is 5.69 Å². The van der Waals surface area contributed by atoms with E-state index in [-0.39, 0.29) is 0 Å². The van der Waals surface area contributed by atoms with Crippen molar-refractivity contribution in [3.63, 3.8) is 0 Å². The maximum Gasteiger partial charge on any atom is 0.0957 e. The normalized spacial score (nSPS) is 26.1. The Morgan fingerprint density at radius 1 is 1.44 bits per heavy atom. The second-order valence-electron chi connectivity index (χ2n) is 5.54. The average Bonchev–Trinajstić information content (AvgIpc) is 2.38. The monoisotopic (exact) mass is 248 g/mol. The van der Waals surface area contributed by atoms with Gasteiger partial charge < -0.3 is 10.0 Å². The first kappa shape index (κ1) is 13.3. The zero-order chi connectivity index (χ0) is 13.1. The van der Waals surface area contributed by atoms with E-state index in [9.17, 15) is 5.11 Å². The number of hydrogen-bond donors (Lipinski definition) is 1. The van der Waals surface area contributed by atoms with Crippen LogP contribution in [0.25, 0.3) is 0 Å². The van der Waals surface area contributed by atoms with Crippen LogP contribution >= 0.6 is 0 Å². The number of rotatable bonds is 3. The highest BCUT2D eigenvalue weighted by atomic mass is 16.3. The summed E-state index contributed by atoms with van der Waals surface area (Å²) in [5, 5.41) is 9.74. The quantitative estimate of drug-likeness (QED) is 0.892. The lowest BCUT2D eigenvalue weighted by atomic mass is 9.93. The van der Waals surface area contributed by atoms with Gasteiger partial charge in [0.15, 0.2) is 0 Å². The van der Waals surface area contributed by atoms with Gasteiger partial charge in [-0.05, 0) is 44.2 Å². The van der Waals surface area contributed by atoms with Crippen molar-refractivity contribution in [2.24, 2.45) is 5.92 Å². The van der Waals surface area contributed by atoms with Gasteiger partial charge in [-0.2, -0.15) is 0 Å². The van der Waals surface area contributed by atoms with Crippen molar-refractivity contribution in [3.05, 3.63) is 24.0 Å². The molecule has 3 atom stereocenters. The summed E-state index contributed by atoms with van der Waals surface area (Å²) in [7, 11) is 0. The van der Waals surface area contributed by atoms with Gasteiger partial charge in [0.1, 0.15) is 0 Å². The smallest absolute Gasteiger partial charge is 0.0957 e. The molecule has 1 aromatic heterocycles. The molecule has 0 bridgehead atoms. The first-order chi connectivity index (χ1) is 8.61. The summed E-state index contributed by atoms with van der Waals surface area (Å²) in [4.78, 5) is 6.81. The fraction of sp³-hybridized carbons (Fsp3) is 0.667. The van der Waals surface area contributed by atoms with Crippen LogP contribution in [-0.2, 0) is 0 Å². The molecule has 2 unspecified atom stereocenters. The molecule has 2 heterocycles. The van der Waals surface area contributed by atoms with Crippen molar-refractivity contribution in [2.75, 3.05) is 11.4 Å². The molecule has 0 aliphatic carbocycles. The van der Waals surface area contributed by atoms with Crippen LogP contribution in [0.5, 0.6) is 0 Å². The summed E-state index contributed by atoms with van der Waals surface area (Å²) in [6.45, 7) is 7.69. The van der Waals surface area contributed by atoms with Gasteiger partial charge in [-0.15, -0.1) is 0 Å². The highest BCUT2D eigenvalue weighted by Gasteiger charge is 2.23. The number of pyridine rings is 1. The van der Waals surface area contributed by atoms with Crippen LogP contribution in [0.4, 0.5) is 5.69 Å². The summed E-state index contributed by atoms with van der Waals surface area (Å²) >= 11 is 0. The molecule has 1 aliphatic heterocycles. The SMILES string of the molecule is CC[C@H](O)c1ccc(N2CCC(C)CC2C)cn1. The molecule has 100 valence electrons. The maximum atomic E-state index is 9.74. The number of hydrogen-bond acceptors (Lipinski definition) is 3. The van der Waals surface area contributed by atoms with Gasteiger partial charge >= 0.3 is 0 Å². The first-order valence-electron chi connectivity index (χ1n) is 7.02. The van der Waals surface area contributed by atoms with Gasteiger partial charge in [0.25, 0.3) is 0 Å². The zero-order valence-electron chi connectivity index (χ0n) is 11.6. The second kappa shape index (κ2) is 5.70.